The molecular weight excluding hydrogens is 342 g/mol. The van der Waals surface area contributed by atoms with Crippen LogP contribution in [0.3, 0.4) is 0 Å². The van der Waals surface area contributed by atoms with Gasteiger partial charge in [-0.25, -0.2) is 4.98 Å². The Morgan fingerprint density at radius 3 is 2.38 bits per heavy atom. The molecule has 0 radical (unpaired) electrons. The van der Waals surface area contributed by atoms with Crippen molar-refractivity contribution in [2.75, 3.05) is 5.32 Å². The van der Waals surface area contributed by atoms with Crippen molar-refractivity contribution < 1.29 is 0 Å². The van der Waals surface area contributed by atoms with E-state index in [0.29, 0.717) is 5.02 Å². The molecule has 0 atom stereocenters. The van der Waals surface area contributed by atoms with E-state index in [0.717, 1.165) is 29.1 Å². The van der Waals surface area contributed by atoms with Crippen molar-refractivity contribution in [3.05, 3.63) is 53.2 Å². The fraction of sp³-hybridized carbons (Fsp3) is 0.409. The molecule has 0 fully saturated rings. The number of rotatable bonds is 4. The first-order chi connectivity index (χ1) is 12.1. The predicted molar refractivity (Wildman–Crippen MR) is 112 cm³/mol. The van der Waals surface area contributed by atoms with Gasteiger partial charge in [0.2, 0.25) is 0 Å². The number of aromatic nitrogens is 2. The molecule has 2 heterocycles. The molecule has 0 aliphatic heterocycles. The lowest BCUT2D eigenvalue weighted by Gasteiger charge is -2.34. The number of halogens is 1. The summed E-state index contributed by atoms with van der Waals surface area (Å²) in [6.07, 6.45) is 2.96. The van der Waals surface area contributed by atoms with E-state index in [4.69, 9.17) is 16.6 Å². The SMILES string of the molecule is Cc1ccccc1-c1nc2ccc(Cl)cn2c1NC(C)(C)CC(C)(C)C. The lowest BCUT2D eigenvalue weighted by atomic mass is 9.82. The van der Waals surface area contributed by atoms with Gasteiger partial charge in [0.1, 0.15) is 17.2 Å². The van der Waals surface area contributed by atoms with Gasteiger partial charge in [0, 0.05) is 17.3 Å². The third kappa shape index (κ3) is 4.04. The Morgan fingerprint density at radius 2 is 1.73 bits per heavy atom. The van der Waals surface area contributed by atoms with Crippen LogP contribution in [0.2, 0.25) is 5.02 Å². The first-order valence-corrected chi connectivity index (χ1v) is 9.45. The van der Waals surface area contributed by atoms with Crippen LogP contribution in [0.25, 0.3) is 16.9 Å². The summed E-state index contributed by atoms with van der Waals surface area (Å²) in [5.41, 5.74) is 4.33. The molecule has 1 aromatic carbocycles. The molecule has 0 bridgehead atoms. The number of aryl methyl sites for hydroxylation is 1. The average Bonchev–Trinajstić information content (AvgIpc) is 2.82. The van der Waals surface area contributed by atoms with Crippen LogP contribution < -0.4 is 5.32 Å². The summed E-state index contributed by atoms with van der Waals surface area (Å²) in [7, 11) is 0. The quantitative estimate of drug-likeness (QED) is 0.562. The van der Waals surface area contributed by atoms with Crippen LogP contribution in [-0.2, 0) is 0 Å². The Kier molecular flexibility index (Phi) is 4.78. The van der Waals surface area contributed by atoms with E-state index in [2.05, 4.69) is 75.5 Å². The highest BCUT2D eigenvalue weighted by Gasteiger charge is 2.28. The lowest BCUT2D eigenvalue weighted by Crippen LogP contribution is -2.36. The maximum Gasteiger partial charge on any atom is 0.139 e. The highest BCUT2D eigenvalue weighted by Crippen LogP contribution is 2.36. The standard InChI is InChI=1S/C22H28ClN3/c1-15-9-7-8-10-17(15)19-20(25-22(5,6)14-21(2,3)4)26-13-16(23)11-12-18(26)24-19/h7-13,25H,14H2,1-6H3. The Morgan fingerprint density at radius 1 is 1.04 bits per heavy atom. The molecule has 26 heavy (non-hydrogen) atoms. The van der Waals surface area contributed by atoms with Crippen molar-refractivity contribution in [2.24, 2.45) is 5.41 Å². The smallest absolute Gasteiger partial charge is 0.139 e. The van der Waals surface area contributed by atoms with Crippen molar-refractivity contribution in [3.8, 4) is 11.3 Å². The van der Waals surface area contributed by atoms with Gasteiger partial charge in [-0.15, -0.1) is 0 Å². The molecule has 1 N–H and O–H groups in total. The zero-order valence-corrected chi connectivity index (χ0v) is 17.3. The Hall–Kier alpha value is -2.00. The minimum atomic E-state index is -0.0893. The van der Waals surface area contributed by atoms with Crippen molar-refractivity contribution in [2.45, 2.75) is 53.5 Å². The Bertz CT molecular complexity index is 932. The number of nitrogens with one attached hydrogen (secondary N) is 1. The fourth-order valence-corrected chi connectivity index (χ4v) is 4.02. The van der Waals surface area contributed by atoms with Gasteiger partial charge in [-0.05, 0) is 50.3 Å². The second-order valence-corrected chi connectivity index (χ2v) is 9.38. The molecule has 4 heteroatoms. The van der Waals surface area contributed by atoms with Gasteiger partial charge in [-0.2, -0.15) is 0 Å². The molecular formula is C22H28ClN3. The van der Waals surface area contributed by atoms with Gasteiger partial charge in [0.15, 0.2) is 0 Å². The molecule has 3 aromatic rings. The van der Waals surface area contributed by atoms with Gasteiger partial charge in [0.25, 0.3) is 0 Å². The van der Waals surface area contributed by atoms with E-state index in [1.165, 1.54) is 5.56 Å². The van der Waals surface area contributed by atoms with E-state index < -0.39 is 0 Å². The van der Waals surface area contributed by atoms with Crippen LogP contribution in [-0.4, -0.2) is 14.9 Å². The second-order valence-electron chi connectivity index (χ2n) is 8.95. The number of pyridine rings is 1. The summed E-state index contributed by atoms with van der Waals surface area (Å²) in [6.45, 7) is 13.4. The maximum absolute atomic E-state index is 6.28. The van der Waals surface area contributed by atoms with Gasteiger partial charge < -0.3 is 5.32 Å². The number of nitrogens with zero attached hydrogens (tertiary/aromatic N) is 2. The summed E-state index contributed by atoms with van der Waals surface area (Å²) >= 11 is 6.28. The van der Waals surface area contributed by atoms with Crippen molar-refractivity contribution >= 4 is 23.1 Å². The molecule has 2 aromatic heterocycles. The first kappa shape index (κ1) is 18.8. The molecule has 0 saturated heterocycles. The number of anilines is 1. The summed E-state index contributed by atoms with van der Waals surface area (Å²) < 4.78 is 2.06. The van der Waals surface area contributed by atoms with Crippen LogP contribution in [0, 0.1) is 12.3 Å². The van der Waals surface area contributed by atoms with Crippen LogP contribution in [0.15, 0.2) is 42.6 Å². The maximum atomic E-state index is 6.28. The van der Waals surface area contributed by atoms with Gasteiger partial charge in [-0.1, -0.05) is 56.6 Å². The van der Waals surface area contributed by atoms with E-state index in [1.54, 1.807) is 0 Å². The summed E-state index contributed by atoms with van der Waals surface area (Å²) in [6, 6.07) is 12.2. The normalized spacial score (nSPS) is 12.6. The van der Waals surface area contributed by atoms with Crippen LogP contribution in [0.4, 0.5) is 5.82 Å². The third-order valence-corrected chi connectivity index (χ3v) is 4.64. The number of benzene rings is 1. The lowest BCUT2D eigenvalue weighted by molar-refractivity contribution is 0.302. The molecule has 0 saturated carbocycles. The van der Waals surface area contributed by atoms with Crippen LogP contribution >= 0.6 is 11.6 Å². The fourth-order valence-electron chi connectivity index (χ4n) is 3.86. The number of hydrogen-bond acceptors (Lipinski definition) is 2. The van der Waals surface area contributed by atoms with Crippen molar-refractivity contribution in [3.63, 3.8) is 0 Å². The van der Waals surface area contributed by atoms with E-state index in [1.807, 2.05) is 18.3 Å². The Balaban J connectivity index is 2.17. The minimum absolute atomic E-state index is 0.0893. The molecule has 0 amide bonds. The molecule has 0 aliphatic carbocycles. The van der Waals surface area contributed by atoms with E-state index in [-0.39, 0.29) is 11.0 Å². The van der Waals surface area contributed by atoms with Crippen molar-refractivity contribution in [1.29, 1.82) is 0 Å². The van der Waals surface area contributed by atoms with Crippen LogP contribution in [0.1, 0.15) is 46.6 Å². The first-order valence-electron chi connectivity index (χ1n) is 9.08. The molecule has 0 unspecified atom stereocenters. The molecule has 3 rings (SSSR count). The topological polar surface area (TPSA) is 29.3 Å². The summed E-state index contributed by atoms with van der Waals surface area (Å²) in [5.74, 6) is 0.992. The monoisotopic (exact) mass is 369 g/mol. The Labute approximate surface area is 161 Å². The number of hydrogen-bond donors (Lipinski definition) is 1. The zero-order valence-electron chi connectivity index (χ0n) is 16.5. The highest BCUT2D eigenvalue weighted by molar-refractivity contribution is 6.30. The minimum Gasteiger partial charge on any atom is -0.364 e. The number of fused-ring (bicyclic) bond motifs is 1. The predicted octanol–water partition coefficient (Wildman–Crippen LogP) is 6.59. The molecule has 0 aliphatic rings. The summed E-state index contributed by atoms with van der Waals surface area (Å²) in [5, 5.41) is 4.46. The van der Waals surface area contributed by atoms with E-state index in [9.17, 15) is 0 Å². The highest BCUT2D eigenvalue weighted by atomic mass is 35.5. The molecule has 138 valence electrons. The number of imidazole rings is 1. The van der Waals surface area contributed by atoms with Crippen molar-refractivity contribution in [1.82, 2.24) is 9.38 Å². The average molecular weight is 370 g/mol. The van der Waals surface area contributed by atoms with Gasteiger partial charge in [0.05, 0.1) is 5.02 Å². The van der Waals surface area contributed by atoms with Gasteiger partial charge >= 0.3 is 0 Å². The third-order valence-electron chi connectivity index (χ3n) is 4.41. The van der Waals surface area contributed by atoms with E-state index >= 15 is 0 Å². The summed E-state index contributed by atoms with van der Waals surface area (Å²) in [4.78, 5) is 4.91. The van der Waals surface area contributed by atoms with Crippen LogP contribution in [0.5, 0.6) is 0 Å². The zero-order chi connectivity index (χ0) is 19.1. The molecule has 0 spiro atoms. The largest absolute Gasteiger partial charge is 0.364 e. The van der Waals surface area contributed by atoms with Gasteiger partial charge in [-0.3, -0.25) is 4.40 Å². The molecule has 3 nitrogen and oxygen atoms in total. The second kappa shape index (κ2) is 6.62.